The number of hydrogen-bond acceptors (Lipinski definition) is 1. The normalized spacial score (nSPS) is 11.8. The van der Waals surface area contributed by atoms with E-state index in [0.29, 0.717) is 12.1 Å². The van der Waals surface area contributed by atoms with Crippen molar-refractivity contribution in [3.63, 3.8) is 0 Å². The van der Waals surface area contributed by atoms with Crippen molar-refractivity contribution in [2.24, 2.45) is 0 Å². The summed E-state index contributed by atoms with van der Waals surface area (Å²) in [4.78, 5) is 11.7. The Hall–Kier alpha value is -2.03. The Morgan fingerprint density at radius 1 is 1.32 bits per heavy atom. The van der Waals surface area contributed by atoms with Crippen molar-refractivity contribution in [1.82, 2.24) is 5.32 Å². The van der Waals surface area contributed by atoms with Gasteiger partial charge >= 0.3 is 6.18 Å². The highest BCUT2D eigenvalue weighted by atomic mass is 19.4. The Bertz CT molecular complexity index is 541. The molecule has 1 rings (SSSR count). The van der Waals surface area contributed by atoms with Gasteiger partial charge in [0, 0.05) is 5.56 Å². The zero-order chi connectivity index (χ0) is 14.8. The maximum absolute atomic E-state index is 13.0. The van der Waals surface area contributed by atoms with Gasteiger partial charge in [0.15, 0.2) is 0 Å². The van der Waals surface area contributed by atoms with Crippen LogP contribution in [-0.4, -0.2) is 11.4 Å². The Morgan fingerprint density at radius 3 is 2.37 bits per heavy atom. The van der Waals surface area contributed by atoms with Crippen LogP contribution in [0.15, 0.2) is 18.2 Å². The number of terminal acetylenes is 1. The van der Waals surface area contributed by atoms with Crippen LogP contribution < -0.4 is 5.32 Å². The minimum atomic E-state index is -4.86. The van der Waals surface area contributed by atoms with Gasteiger partial charge in [-0.1, -0.05) is 5.92 Å². The SMILES string of the molecule is C#CC(C)(C)NC(=O)c1ccc(F)c(C(F)(F)F)c1. The van der Waals surface area contributed by atoms with Crippen LogP contribution in [0.1, 0.15) is 29.8 Å². The summed E-state index contributed by atoms with van der Waals surface area (Å²) in [7, 11) is 0. The van der Waals surface area contributed by atoms with Gasteiger partial charge in [0.25, 0.3) is 5.91 Å². The molecule has 0 aliphatic carbocycles. The molecule has 0 spiro atoms. The molecular formula is C13H11F4NO. The number of carbonyl (C=O) groups is 1. The summed E-state index contributed by atoms with van der Waals surface area (Å²) in [5, 5.41) is 2.36. The van der Waals surface area contributed by atoms with Gasteiger partial charge in [-0.2, -0.15) is 13.2 Å². The quantitative estimate of drug-likeness (QED) is 0.651. The Morgan fingerprint density at radius 2 is 1.89 bits per heavy atom. The maximum Gasteiger partial charge on any atom is 0.419 e. The van der Waals surface area contributed by atoms with Crippen LogP contribution in [0.4, 0.5) is 17.6 Å². The maximum atomic E-state index is 13.0. The number of alkyl halides is 3. The number of carbonyl (C=O) groups excluding carboxylic acids is 1. The van der Waals surface area contributed by atoms with Crippen molar-refractivity contribution < 1.29 is 22.4 Å². The van der Waals surface area contributed by atoms with E-state index in [0.717, 1.165) is 6.07 Å². The molecule has 0 bridgehead atoms. The molecular weight excluding hydrogens is 262 g/mol. The van der Waals surface area contributed by atoms with Gasteiger partial charge in [-0.3, -0.25) is 4.79 Å². The Labute approximate surface area is 107 Å². The van der Waals surface area contributed by atoms with E-state index < -0.39 is 29.0 Å². The van der Waals surface area contributed by atoms with Crippen molar-refractivity contribution in [2.75, 3.05) is 0 Å². The van der Waals surface area contributed by atoms with Crippen molar-refractivity contribution in [1.29, 1.82) is 0 Å². The third-order valence-corrected chi connectivity index (χ3v) is 2.32. The van der Waals surface area contributed by atoms with Crippen LogP contribution in [0.2, 0.25) is 0 Å². The summed E-state index contributed by atoms with van der Waals surface area (Å²) < 4.78 is 50.5. The lowest BCUT2D eigenvalue weighted by Gasteiger charge is -2.20. The molecule has 0 aliphatic heterocycles. The predicted octanol–water partition coefficient (Wildman–Crippen LogP) is 2.99. The highest BCUT2D eigenvalue weighted by molar-refractivity contribution is 5.95. The first-order valence-electron chi connectivity index (χ1n) is 5.24. The second kappa shape index (κ2) is 4.92. The molecule has 1 N–H and O–H groups in total. The smallest absolute Gasteiger partial charge is 0.336 e. The molecule has 1 aromatic carbocycles. The minimum Gasteiger partial charge on any atom is -0.336 e. The summed E-state index contributed by atoms with van der Waals surface area (Å²) >= 11 is 0. The van der Waals surface area contributed by atoms with E-state index in [2.05, 4.69) is 11.2 Å². The van der Waals surface area contributed by atoms with Crippen LogP contribution in [-0.2, 0) is 6.18 Å². The summed E-state index contributed by atoms with van der Waals surface area (Å²) in [5.74, 6) is 0.0419. The van der Waals surface area contributed by atoms with Crippen molar-refractivity contribution in [3.8, 4) is 12.3 Å². The van der Waals surface area contributed by atoms with Gasteiger partial charge in [-0.25, -0.2) is 4.39 Å². The monoisotopic (exact) mass is 273 g/mol. The highest BCUT2D eigenvalue weighted by Crippen LogP contribution is 2.31. The fraction of sp³-hybridized carbons (Fsp3) is 0.308. The lowest BCUT2D eigenvalue weighted by Crippen LogP contribution is -2.42. The van der Waals surface area contributed by atoms with Crippen molar-refractivity contribution >= 4 is 5.91 Å². The number of benzene rings is 1. The summed E-state index contributed by atoms with van der Waals surface area (Å²) in [6.07, 6.45) is 0.292. The Kier molecular flexibility index (Phi) is 3.89. The second-order valence-electron chi connectivity index (χ2n) is 4.42. The molecule has 0 aliphatic rings. The molecule has 0 heterocycles. The lowest BCUT2D eigenvalue weighted by atomic mass is 10.0. The van der Waals surface area contributed by atoms with Crippen LogP contribution in [0.5, 0.6) is 0 Å². The number of halogens is 4. The second-order valence-corrected chi connectivity index (χ2v) is 4.42. The highest BCUT2D eigenvalue weighted by Gasteiger charge is 2.34. The molecule has 0 unspecified atom stereocenters. The van der Waals surface area contributed by atoms with E-state index in [1.807, 2.05) is 0 Å². The molecule has 0 saturated heterocycles. The molecule has 6 heteroatoms. The van der Waals surface area contributed by atoms with E-state index in [9.17, 15) is 22.4 Å². The largest absolute Gasteiger partial charge is 0.419 e. The predicted molar refractivity (Wildman–Crippen MR) is 61.8 cm³/mol. The molecule has 0 fully saturated rings. The van der Waals surface area contributed by atoms with Gasteiger partial charge < -0.3 is 5.32 Å². The number of amides is 1. The minimum absolute atomic E-state index is 0.308. The third-order valence-electron chi connectivity index (χ3n) is 2.32. The summed E-state index contributed by atoms with van der Waals surface area (Å²) in [5.41, 5.74) is -2.81. The zero-order valence-electron chi connectivity index (χ0n) is 10.2. The molecule has 0 saturated carbocycles. The molecule has 0 radical (unpaired) electrons. The number of hydrogen-bond donors (Lipinski definition) is 1. The fourth-order valence-corrected chi connectivity index (χ4v) is 1.28. The van der Waals surface area contributed by atoms with Crippen LogP contribution in [0.25, 0.3) is 0 Å². The van der Waals surface area contributed by atoms with E-state index >= 15 is 0 Å². The van der Waals surface area contributed by atoms with E-state index in [1.54, 1.807) is 0 Å². The van der Waals surface area contributed by atoms with Gasteiger partial charge in [-0.15, -0.1) is 6.42 Å². The first-order valence-corrected chi connectivity index (χ1v) is 5.24. The van der Waals surface area contributed by atoms with Crippen LogP contribution >= 0.6 is 0 Å². The number of rotatable bonds is 2. The molecule has 0 aromatic heterocycles. The summed E-state index contributed by atoms with van der Waals surface area (Å²) in [6, 6.07) is 2.02. The van der Waals surface area contributed by atoms with Crippen LogP contribution in [0, 0.1) is 18.2 Å². The molecule has 2 nitrogen and oxygen atoms in total. The molecule has 1 amide bonds. The first-order chi connectivity index (χ1) is 8.57. The van der Waals surface area contributed by atoms with Gasteiger partial charge in [-0.05, 0) is 32.0 Å². The lowest BCUT2D eigenvalue weighted by molar-refractivity contribution is -0.140. The van der Waals surface area contributed by atoms with Crippen LogP contribution in [0.3, 0.4) is 0 Å². The standard InChI is InChI=1S/C13H11F4NO/c1-4-12(2,3)18-11(19)8-5-6-10(14)9(7-8)13(15,16)17/h1,5-7H,2-3H3,(H,18,19). The molecule has 19 heavy (non-hydrogen) atoms. The molecule has 0 atom stereocenters. The zero-order valence-corrected chi connectivity index (χ0v) is 10.2. The van der Waals surface area contributed by atoms with E-state index in [-0.39, 0.29) is 5.56 Å². The van der Waals surface area contributed by atoms with E-state index in [1.165, 1.54) is 13.8 Å². The fourth-order valence-electron chi connectivity index (χ4n) is 1.28. The molecule has 102 valence electrons. The molecule has 1 aromatic rings. The van der Waals surface area contributed by atoms with Gasteiger partial charge in [0.1, 0.15) is 5.82 Å². The topological polar surface area (TPSA) is 29.1 Å². The average Bonchev–Trinajstić information content (AvgIpc) is 2.27. The average molecular weight is 273 g/mol. The Balaban J connectivity index is 3.11. The van der Waals surface area contributed by atoms with Gasteiger partial charge in [0.2, 0.25) is 0 Å². The third kappa shape index (κ3) is 3.71. The van der Waals surface area contributed by atoms with E-state index in [4.69, 9.17) is 6.42 Å². The first kappa shape index (κ1) is 15.0. The summed E-state index contributed by atoms with van der Waals surface area (Å²) in [6.45, 7) is 3.03. The van der Waals surface area contributed by atoms with Crippen molar-refractivity contribution in [2.45, 2.75) is 25.6 Å². The number of nitrogens with one attached hydrogen (secondary N) is 1. The van der Waals surface area contributed by atoms with Gasteiger partial charge in [0.05, 0.1) is 11.1 Å². The van der Waals surface area contributed by atoms with Crippen molar-refractivity contribution in [3.05, 3.63) is 35.1 Å².